The van der Waals surface area contributed by atoms with Gasteiger partial charge in [-0.25, -0.2) is 14.4 Å². The number of piperazine rings is 1. The number of rotatable bonds is 7. The molecule has 2 N–H and O–H groups in total. The lowest BCUT2D eigenvalue weighted by molar-refractivity contribution is -0.0691. The van der Waals surface area contributed by atoms with Crippen LogP contribution >= 0.6 is 0 Å². The standard InChI is InChI=1S/C36H41FN8O4/c1-22-17-42(25-20-49-21-25)13-14-43(22)24-6-7-31(39-16-24)40-28-15-23(18-41(2)35(28)47)26-8-10-38-34(27(26)19-46)45-12-9-29-32(36(45)48)33(37)30-5-3-4-11-44(29)30/h6-8,10,15-16,18,22,25,46H,3-5,9,11-14,17,19-21H2,1-2H3,(H,39,40)/t22-/m0/s1. The summed E-state index contributed by atoms with van der Waals surface area (Å²) in [6, 6.07) is 8.23. The molecule has 0 bridgehead atoms. The topological polar surface area (TPSA) is 121 Å². The number of nitrogens with one attached hydrogen (secondary N) is 1. The molecule has 1 atom stereocenters. The highest BCUT2D eigenvalue weighted by molar-refractivity contribution is 6.08. The van der Waals surface area contributed by atoms with Crippen LogP contribution in [0.1, 0.15) is 47.1 Å². The van der Waals surface area contributed by atoms with Gasteiger partial charge in [-0.15, -0.1) is 0 Å². The summed E-state index contributed by atoms with van der Waals surface area (Å²) >= 11 is 0. The Kier molecular flexibility index (Phi) is 8.21. The van der Waals surface area contributed by atoms with Crippen LogP contribution in [0.2, 0.25) is 0 Å². The van der Waals surface area contributed by atoms with Crippen LogP contribution in [0.15, 0.2) is 47.7 Å². The number of pyridine rings is 3. The molecule has 8 heterocycles. The number of hydrogen-bond acceptors (Lipinski definition) is 9. The lowest BCUT2D eigenvalue weighted by atomic mass is 10.00. The fourth-order valence-electron chi connectivity index (χ4n) is 7.89. The second-order valence-electron chi connectivity index (χ2n) is 13.5. The molecule has 12 nitrogen and oxygen atoms in total. The van der Waals surface area contributed by atoms with Gasteiger partial charge in [0.05, 0.1) is 49.0 Å². The normalized spacial score (nSPS) is 19.8. The summed E-state index contributed by atoms with van der Waals surface area (Å²) in [5, 5.41) is 13.8. The number of hydrogen-bond donors (Lipinski definition) is 2. The molecule has 0 spiro atoms. The Morgan fingerprint density at radius 2 is 1.90 bits per heavy atom. The van der Waals surface area contributed by atoms with Crippen molar-refractivity contribution in [1.82, 2.24) is 24.0 Å². The lowest BCUT2D eigenvalue weighted by Crippen LogP contribution is -2.59. The number of aliphatic hydroxyl groups is 1. The molecule has 4 aromatic rings. The SMILES string of the molecule is C[C@H]1CN(C2COC2)CCN1c1ccc(Nc2cc(-c3ccnc(N4CCc5c(c(F)c6n5CCCC6)C4=O)c3CO)cn(C)c2=O)nc1. The van der Waals surface area contributed by atoms with E-state index in [1.54, 1.807) is 31.6 Å². The first-order valence-corrected chi connectivity index (χ1v) is 17.1. The summed E-state index contributed by atoms with van der Waals surface area (Å²) in [4.78, 5) is 42.6. The number of nitrogens with zero attached hydrogens (tertiary/aromatic N) is 7. The van der Waals surface area contributed by atoms with Crippen LogP contribution in [0.4, 0.5) is 27.4 Å². The van der Waals surface area contributed by atoms with Crippen molar-refractivity contribution in [1.29, 1.82) is 0 Å². The van der Waals surface area contributed by atoms with Crippen LogP contribution in [0.5, 0.6) is 0 Å². The number of aromatic nitrogens is 4. The first-order valence-electron chi connectivity index (χ1n) is 17.1. The Hall–Kier alpha value is -4.59. The average Bonchev–Trinajstić information content (AvgIpc) is 3.38. The molecule has 0 saturated carbocycles. The molecular weight excluding hydrogens is 627 g/mol. The Morgan fingerprint density at radius 3 is 2.63 bits per heavy atom. The van der Waals surface area contributed by atoms with E-state index in [0.29, 0.717) is 65.4 Å². The molecule has 2 fully saturated rings. The van der Waals surface area contributed by atoms with Gasteiger partial charge < -0.3 is 29.2 Å². The molecule has 0 unspecified atom stereocenters. The summed E-state index contributed by atoms with van der Waals surface area (Å²) in [5.41, 5.74) is 4.26. The highest BCUT2D eigenvalue weighted by atomic mass is 19.1. The second-order valence-corrected chi connectivity index (χ2v) is 13.5. The van der Waals surface area contributed by atoms with E-state index in [-0.39, 0.29) is 16.9 Å². The molecule has 1 amide bonds. The van der Waals surface area contributed by atoms with Crippen LogP contribution in [-0.4, -0.2) is 86.5 Å². The van der Waals surface area contributed by atoms with Gasteiger partial charge in [0.2, 0.25) is 0 Å². The summed E-state index contributed by atoms with van der Waals surface area (Å²) in [6.07, 6.45) is 8.10. The maximum Gasteiger partial charge on any atom is 0.274 e. The van der Waals surface area contributed by atoms with E-state index in [9.17, 15) is 14.7 Å². The molecule has 0 radical (unpaired) electrons. The molecule has 256 valence electrons. The zero-order valence-corrected chi connectivity index (χ0v) is 27.9. The van der Waals surface area contributed by atoms with Gasteiger partial charge in [0.1, 0.15) is 17.3 Å². The fourth-order valence-corrected chi connectivity index (χ4v) is 7.89. The van der Waals surface area contributed by atoms with Gasteiger partial charge in [-0.2, -0.15) is 0 Å². The highest BCUT2D eigenvalue weighted by Gasteiger charge is 2.37. The molecule has 8 rings (SSSR count). The lowest BCUT2D eigenvalue weighted by Gasteiger charge is -2.46. The Bertz CT molecular complexity index is 1970. The van der Waals surface area contributed by atoms with Crippen molar-refractivity contribution in [2.75, 3.05) is 54.5 Å². The van der Waals surface area contributed by atoms with Crippen LogP contribution in [0, 0.1) is 5.82 Å². The van der Waals surface area contributed by atoms with Crippen molar-refractivity contribution in [3.8, 4) is 11.1 Å². The molecule has 49 heavy (non-hydrogen) atoms. The Labute approximate surface area is 283 Å². The summed E-state index contributed by atoms with van der Waals surface area (Å²) in [7, 11) is 1.67. The maximum atomic E-state index is 15.6. The van der Waals surface area contributed by atoms with E-state index in [2.05, 4.69) is 32.0 Å². The molecule has 13 heteroatoms. The smallest absolute Gasteiger partial charge is 0.274 e. The first kappa shape index (κ1) is 31.7. The minimum Gasteiger partial charge on any atom is -0.392 e. The van der Waals surface area contributed by atoms with Crippen molar-refractivity contribution in [3.05, 3.63) is 81.5 Å². The highest BCUT2D eigenvalue weighted by Crippen LogP contribution is 2.36. The van der Waals surface area contributed by atoms with E-state index in [4.69, 9.17) is 4.74 Å². The van der Waals surface area contributed by atoms with Crippen molar-refractivity contribution in [2.24, 2.45) is 7.05 Å². The molecular formula is C36H41FN8O4. The molecule has 2 saturated heterocycles. The second kappa shape index (κ2) is 12.7. The van der Waals surface area contributed by atoms with Crippen LogP contribution < -0.4 is 20.7 Å². The van der Waals surface area contributed by atoms with Crippen LogP contribution in [-0.2, 0) is 37.8 Å². The number of aryl methyl sites for hydroxylation is 1. The Morgan fingerprint density at radius 1 is 1.04 bits per heavy atom. The largest absolute Gasteiger partial charge is 0.392 e. The number of fused-ring (bicyclic) bond motifs is 3. The third-order valence-electron chi connectivity index (χ3n) is 10.6. The maximum absolute atomic E-state index is 15.6. The first-order chi connectivity index (χ1) is 23.8. The third-order valence-corrected chi connectivity index (χ3v) is 10.6. The number of carbonyl (C=O) groups excluding carboxylic acids is 1. The molecule has 4 aliphatic heterocycles. The fraction of sp³-hybridized carbons (Fsp3) is 0.444. The van der Waals surface area contributed by atoms with E-state index in [0.717, 1.165) is 63.6 Å². The van der Waals surface area contributed by atoms with Crippen molar-refractivity contribution in [2.45, 2.75) is 57.8 Å². The van der Waals surface area contributed by atoms with E-state index in [1.807, 2.05) is 22.9 Å². The molecule has 0 aromatic carbocycles. The van der Waals surface area contributed by atoms with Crippen molar-refractivity contribution < 1.29 is 19.0 Å². The van der Waals surface area contributed by atoms with Gasteiger partial charge in [-0.05, 0) is 56.0 Å². The summed E-state index contributed by atoms with van der Waals surface area (Å²) < 4.78 is 24.4. The van der Waals surface area contributed by atoms with Gasteiger partial charge in [0.25, 0.3) is 11.5 Å². The minimum atomic E-state index is -0.443. The van der Waals surface area contributed by atoms with Gasteiger partial charge in [0, 0.05) is 81.4 Å². The van der Waals surface area contributed by atoms with E-state index >= 15 is 4.39 Å². The molecule has 0 aliphatic carbocycles. The van der Waals surface area contributed by atoms with E-state index in [1.165, 1.54) is 9.47 Å². The number of amides is 1. The number of anilines is 4. The van der Waals surface area contributed by atoms with E-state index < -0.39 is 18.3 Å². The zero-order valence-electron chi connectivity index (χ0n) is 27.9. The number of halogens is 1. The van der Waals surface area contributed by atoms with Gasteiger partial charge in [0.15, 0.2) is 5.82 Å². The zero-order chi connectivity index (χ0) is 33.8. The predicted octanol–water partition coefficient (Wildman–Crippen LogP) is 3.47. The predicted molar refractivity (Wildman–Crippen MR) is 184 cm³/mol. The number of ether oxygens (including phenoxy) is 1. The third kappa shape index (κ3) is 5.49. The monoisotopic (exact) mass is 668 g/mol. The molecule has 4 aliphatic rings. The van der Waals surface area contributed by atoms with Gasteiger partial charge >= 0.3 is 0 Å². The summed E-state index contributed by atoms with van der Waals surface area (Å²) in [6.45, 7) is 7.35. The van der Waals surface area contributed by atoms with Crippen molar-refractivity contribution in [3.63, 3.8) is 0 Å². The Balaban J connectivity index is 1.05. The van der Waals surface area contributed by atoms with Gasteiger partial charge in [-0.1, -0.05) is 0 Å². The van der Waals surface area contributed by atoms with Gasteiger partial charge in [-0.3, -0.25) is 19.4 Å². The molecule has 4 aromatic heterocycles. The average molecular weight is 669 g/mol. The number of aliphatic hydroxyl groups excluding tert-OH is 1. The van der Waals surface area contributed by atoms with Crippen LogP contribution in [0.25, 0.3) is 11.1 Å². The summed E-state index contributed by atoms with van der Waals surface area (Å²) in [5.74, 6) is -0.0590. The number of carbonyl (C=O) groups is 1. The quantitative estimate of drug-likeness (QED) is 0.305. The minimum absolute atomic E-state index is 0.117. The van der Waals surface area contributed by atoms with Crippen molar-refractivity contribution >= 4 is 28.9 Å². The van der Waals surface area contributed by atoms with Crippen LogP contribution in [0.3, 0.4) is 0 Å².